The van der Waals surface area contributed by atoms with Crippen molar-refractivity contribution in [3.05, 3.63) is 34.5 Å². The highest BCUT2D eigenvalue weighted by molar-refractivity contribution is 6.36. The first-order chi connectivity index (χ1) is 11.0. The number of benzene rings is 1. The van der Waals surface area contributed by atoms with Gasteiger partial charge in [0.15, 0.2) is 0 Å². The number of hydrogen-bond acceptors (Lipinski definition) is 4. The summed E-state index contributed by atoms with van der Waals surface area (Å²) in [5, 5.41) is 1.71. The van der Waals surface area contributed by atoms with Crippen LogP contribution in [0.2, 0.25) is 5.02 Å². The average Bonchev–Trinajstić information content (AvgIpc) is 2.50. The molecule has 1 aromatic carbocycles. The lowest BCUT2D eigenvalue weighted by Gasteiger charge is -2.35. The number of primary amides is 1. The summed E-state index contributed by atoms with van der Waals surface area (Å²) in [5.41, 5.74) is 9.11. The first kappa shape index (κ1) is 16.0. The molecule has 1 fully saturated rings. The summed E-state index contributed by atoms with van der Waals surface area (Å²) in [5.74, 6) is -0.341. The number of amides is 1. The van der Waals surface area contributed by atoms with E-state index in [1.54, 1.807) is 0 Å². The Morgan fingerprint density at radius 2 is 2.26 bits per heavy atom. The Labute approximate surface area is 140 Å². The van der Waals surface area contributed by atoms with Crippen LogP contribution >= 0.6 is 11.6 Å². The number of fused-ring (bicyclic) bond motifs is 1. The van der Waals surface area contributed by atoms with E-state index in [-0.39, 0.29) is 18.4 Å². The molecule has 6 heteroatoms. The zero-order valence-electron chi connectivity index (χ0n) is 13.3. The zero-order valence-corrected chi connectivity index (χ0v) is 14.1. The van der Waals surface area contributed by atoms with Crippen molar-refractivity contribution in [2.45, 2.75) is 26.4 Å². The van der Waals surface area contributed by atoms with Crippen LogP contribution < -0.4 is 10.6 Å². The fraction of sp³-hybridized carbons (Fsp3) is 0.412. The molecule has 0 spiro atoms. The van der Waals surface area contributed by atoms with E-state index in [0.717, 1.165) is 34.4 Å². The molecule has 1 aromatic heterocycles. The molecule has 1 amide bonds. The van der Waals surface area contributed by atoms with Gasteiger partial charge in [-0.15, -0.1) is 0 Å². The fourth-order valence-corrected chi connectivity index (χ4v) is 3.22. The Hall–Kier alpha value is -1.85. The van der Waals surface area contributed by atoms with Crippen molar-refractivity contribution in [3.63, 3.8) is 0 Å². The van der Waals surface area contributed by atoms with Crippen molar-refractivity contribution in [2.24, 2.45) is 5.73 Å². The van der Waals surface area contributed by atoms with Crippen LogP contribution in [0.5, 0.6) is 0 Å². The van der Waals surface area contributed by atoms with Gasteiger partial charge in [0.2, 0.25) is 5.91 Å². The molecular weight excluding hydrogens is 314 g/mol. The lowest BCUT2D eigenvalue weighted by Crippen LogP contribution is -2.44. The predicted octanol–water partition coefficient (Wildman–Crippen LogP) is 2.59. The zero-order chi connectivity index (χ0) is 16.6. The Bertz CT molecular complexity index is 763. The number of ether oxygens (including phenoxy) is 1. The van der Waals surface area contributed by atoms with E-state index < -0.39 is 0 Å². The number of rotatable bonds is 3. The third kappa shape index (κ3) is 3.26. The molecule has 0 radical (unpaired) electrons. The van der Waals surface area contributed by atoms with Gasteiger partial charge in [-0.25, -0.2) is 0 Å². The van der Waals surface area contributed by atoms with Crippen molar-refractivity contribution < 1.29 is 9.53 Å². The van der Waals surface area contributed by atoms with Crippen LogP contribution in [0, 0.1) is 13.8 Å². The van der Waals surface area contributed by atoms with E-state index in [4.69, 9.17) is 22.1 Å². The summed E-state index contributed by atoms with van der Waals surface area (Å²) in [6, 6.07) is 6.12. The maximum Gasteiger partial charge on any atom is 0.220 e. The van der Waals surface area contributed by atoms with Crippen molar-refractivity contribution in [3.8, 4) is 0 Å². The minimum Gasteiger partial charge on any atom is -0.374 e. The molecule has 0 bridgehead atoms. The SMILES string of the molecule is Cc1cc(N2CCOC(CC(N)=O)C2)c2ccc(C)c(Cl)c2n1. The molecule has 0 aliphatic carbocycles. The number of nitrogens with two attached hydrogens (primary N) is 1. The van der Waals surface area contributed by atoms with Gasteiger partial charge in [0.05, 0.1) is 29.7 Å². The van der Waals surface area contributed by atoms with Crippen molar-refractivity contribution >= 4 is 34.1 Å². The van der Waals surface area contributed by atoms with Crippen molar-refractivity contribution in [2.75, 3.05) is 24.6 Å². The number of pyridine rings is 1. The van der Waals surface area contributed by atoms with E-state index in [0.29, 0.717) is 18.2 Å². The fourth-order valence-electron chi connectivity index (χ4n) is 3.01. The number of anilines is 1. The van der Waals surface area contributed by atoms with Gasteiger partial charge in [0.1, 0.15) is 0 Å². The predicted molar refractivity (Wildman–Crippen MR) is 92.0 cm³/mol. The second-order valence-corrected chi connectivity index (χ2v) is 6.36. The molecule has 1 unspecified atom stereocenters. The summed E-state index contributed by atoms with van der Waals surface area (Å²) in [6.45, 7) is 5.90. The van der Waals surface area contributed by atoms with Gasteiger partial charge in [-0.3, -0.25) is 9.78 Å². The quantitative estimate of drug-likeness (QED) is 0.937. The first-order valence-electron chi connectivity index (χ1n) is 7.67. The monoisotopic (exact) mass is 333 g/mol. The van der Waals surface area contributed by atoms with Crippen LogP contribution in [0.4, 0.5) is 5.69 Å². The minimum atomic E-state index is -0.341. The van der Waals surface area contributed by atoms with Gasteiger partial charge in [-0.1, -0.05) is 23.7 Å². The Kier molecular flexibility index (Phi) is 4.41. The highest BCUT2D eigenvalue weighted by Crippen LogP contribution is 2.33. The molecule has 122 valence electrons. The average molecular weight is 334 g/mol. The van der Waals surface area contributed by atoms with Crippen molar-refractivity contribution in [1.82, 2.24) is 4.98 Å². The summed E-state index contributed by atoms with van der Waals surface area (Å²) in [6.07, 6.45) is 0.0592. The topological polar surface area (TPSA) is 68.5 Å². The minimum absolute atomic E-state index is 0.175. The summed E-state index contributed by atoms with van der Waals surface area (Å²) >= 11 is 6.44. The largest absolute Gasteiger partial charge is 0.374 e. The second kappa shape index (κ2) is 6.34. The summed E-state index contributed by atoms with van der Waals surface area (Å²) in [4.78, 5) is 18.0. The van der Waals surface area contributed by atoms with Crippen LogP contribution in [0.15, 0.2) is 18.2 Å². The van der Waals surface area contributed by atoms with Crippen LogP contribution in [-0.2, 0) is 9.53 Å². The smallest absolute Gasteiger partial charge is 0.220 e. The Morgan fingerprint density at radius 3 is 3.00 bits per heavy atom. The number of aromatic nitrogens is 1. The molecular formula is C17H20ClN3O2. The number of halogens is 1. The van der Waals surface area contributed by atoms with Crippen LogP contribution in [0.3, 0.4) is 0 Å². The number of hydrogen-bond donors (Lipinski definition) is 1. The number of morpholine rings is 1. The Balaban J connectivity index is 2.02. The van der Waals surface area contributed by atoms with Gasteiger partial charge in [-0.2, -0.15) is 0 Å². The van der Waals surface area contributed by atoms with Crippen molar-refractivity contribution in [1.29, 1.82) is 0 Å². The molecule has 3 rings (SSSR count). The van der Waals surface area contributed by atoms with Gasteiger partial charge < -0.3 is 15.4 Å². The number of aryl methyl sites for hydroxylation is 2. The van der Waals surface area contributed by atoms with E-state index >= 15 is 0 Å². The lowest BCUT2D eigenvalue weighted by molar-refractivity contribution is -0.121. The first-order valence-corrected chi connectivity index (χ1v) is 8.05. The summed E-state index contributed by atoms with van der Waals surface area (Å²) in [7, 11) is 0. The van der Waals surface area contributed by atoms with E-state index in [9.17, 15) is 4.79 Å². The highest BCUT2D eigenvalue weighted by Gasteiger charge is 2.24. The maximum atomic E-state index is 11.2. The normalized spacial score (nSPS) is 18.4. The molecule has 1 saturated heterocycles. The van der Waals surface area contributed by atoms with Crippen LogP contribution in [0.25, 0.3) is 10.9 Å². The lowest BCUT2D eigenvalue weighted by atomic mass is 10.1. The van der Waals surface area contributed by atoms with Crippen LogP contribution in [0.1, 0.15) is 17.7 Å². The molecule has 2 N–H and O–H groups in total. The van der Waals surface area contributed by atoms with E-state index in [2.05, 4.69) is 22.0 Å². The third-order valence-electron chi connectivity index (χ3n) is 4.13. The summed E-state index contributed by atoms with van der Waals surface area (Å²) < 4.78 is 5.64. The third-order valence-corrected chi connectivity index (χ3v) is 4.60. The number of nitrogens with zero attached hydrogens (tertiary/aromatic N) is 2. The Morgan fingerprint density at radius 1 is 1.48 bits per heavy atom. The molecule has 1 atom stereocenters. The van der Waals surface area contributed by atoms with Gasteiger partial charge in [0, 0.05) is 29.9 Å². The van der Waals surface area contributed by atoms with Gasteiger partial charge in [0.25, 0.3) is 0 Å². The molecule has 2 heterocycles. The standard InChI is InChI=1S/C17H20ClN3O2/c1-10-3-4-13-14(7-11(2)20-17(13)16(10)18)21-5-6-23-12(9-21)8-15(19)22/h3-4,7,12H,5-6,8-9H2,1-2H3,(H2,19,22). The molecule has 5 nitrogen and oxygen atoms in total. The van der Waals surface area contributed by atoms with Crippen LogP contribution in [-0.4, -0.2) is 36.7 Å². The highest BCUT2D eigenvalue weighted by atomic mass is 35.5. The molecule has 1 aliphatic rings. The number of carbonyl (C=O) groups excluding carboxylic acids is 1. The maximum absolute atomic E-state index is 11.2. The molecule has 1 aliphatic heterocycles. The van der Waals surface area contributed by atoms with E-state index in [1.165, 1.54) is 0 Å². The molecule has 0 saturated carbocycles. The molecule has 2 aromatic rings. The molecule has 23 heavy (non-hydrogen) atoms. The second-order valence-electron chi connectivity index (χ2n) is 5.98. The van der Waals surface area contributed by atoms with E-state index in [1.807, 2.05) is 19.9 Å². The number of carbonyl (C=O) groups is 1. The van der Waals surface area contributed by atoms with Gasteiger partial charge in [-0.05, 0) is 25.5 Å². The van der Waals surface area contributed by atoms with Gasteiger partial charge >= 0.3 is 0 Å².